The molecule has 1 aliphatic rings. The molecule has 7 heteroatoms. The molecule has 1 fully saturated rings. The highest BCUT2D eigenvalue weighted by Gasteiger charge is 2.26. The molecule has 0 radical (unpaired) electrons. The highest BCUT2D eigenvalue weighted by atomic mass is 16.5. The number of fused-ring (bicyclic) bond motifs is 1. The lowest BCUT2D eigenvalue weighted by atomic mass is 9.99. The summed E-state index contributed by atoms with van der Waals surface area (Å²) in [5.41, 5.74) is 0.467. The fraction of sp³-hybridized carbons (Fsp3) is 0.643. The van der Waals surface area contributed by atoms with Crippen LogP contribution in [0.5, 0.6) is 0 Å². The monoisotopic (exact) mass is 291 g/mol. The summed E-state index contributed by atoms with van der Waals surface area (Å²) in [6.45, 7) is 5.20. The van der Waals surface area contributed by atoms with Crippen molar-refractivity contribution in [2.24, 2.45) is 5.92 Å². The number of ether oxygens (including phenoxy) is 1. The number of rotatable bonds is 6. The van der Waals surface area contributed by atoms with E-state index in [0.717, 1.165) is 32.6 Å². The molecule has 1 aliphatic heterocycles. The van der Waals surface area contributed by atoms with Gasteiger partial charge in [-0.25, -0.2) is 13.9 Å². The van der Waals surface area contributed by atoms with Gasteiger partial charge in [-0.15, -0.1) is 5.10 Å². The lowest BCUT2D eigenvalue weighted by Crippen LogP contribution is -2.42. The van der Waals surface area contributed by atoms with Gasteiger partial charge in [-0.05, 0) is 19.4 Å². The van der Waals surface area contributed by atoms with Gasteiger partial charge < -0.3 is 10.1 Å². The minimum absolute atomic E-state index is 0.116. The van der Waals surface area contributed by atoms with E-state index in [0.29, 0.717) is 18.1 Å². The average Bonchev–Trinajstić information content (AvgIpc) is 3.13. The minimum Gasteiger partial charge on any atom is -0.381 e. The molecule has 21 heavy (non-hydrogen) atoms. The van der Waals surface area contributed by atoms with Gasteiger partial charge >= 0.3 is 5.69 Å². The highest BCUT2D eigenvalue weighted by molar-refractivity contribution is 5.31. The van der Waals surface area contributed by atoms with Crippen LogP contribution in [0.4, 0.5) is 0 Å². The quantitative estimate of drug-likeness (QED) is 0.828. The number of nitrogens with one attached hydrogen (secondary N) is 1. The Hall–Kier alpha value is -1.73. The molecule has 0 saturated carbocycles. The van der Waals surface area contributed by atoms with Gasteiger partial charge in [-0.3, -0.25) is 4.98 Å². The maximum Gasteiger partial charge on any atom is 0.350 e. The van der Waals surface area contributed by atoms with Gasteiger partial charge in [0.2, 0.25) is 0 Å². The van der Waals surface area contributed by atoms with Crippen molar-refractivity contribution in [1.82, 2.24) is 24.5 Å². The lowest BCUT2D eigenvalue weighted by Gasteiger charge is -2.23. The number of nitrogens with zero attached hydrogens (tertiary/aromatic N) is 4. The van der Waals surface area contributed by atoms with E-state index in [1.54, 1.807) is 18.6 Å². The molecule has 3 rings (SSSR count). The molecule has 0 aromatic carbocycles. The van der Waals surface area contributed by atoms with Gasteiger partial charge in [0.15, 0.2) is 5.65 Å². The SMILES string of the molecule is CCCNC(Cn1nc2cnccn2c1=O)C1CCOC1. The van der Waals surface area contributed by atoms with Gasteiger partial charge in [0.25, 0.3) is 0 Å². The standard InChI is InChI=1S/C14H21N5O2/c1-2-4-16-12(11-3-7-21-10-11)9-19-14(20)18-6-5-15-8-13(18)17-19/h5-6,8,11-12,16H,2-4,7,9-10H2,1H3. The first-order valence-electron chi connectivity index (χ1n) is 7.50. The largest absolute Gasteiger partial charge is 0.381 e. The van der Waals surface area contributed by atoms with Crippen LogP contribution in [-0.2, 0) is 11.3 Å². The molecule has 7 nitrogen and oxygen atoms in total. The van der Waals surface area contributed by atoms with E-state index in [2.05, 4.69) is 22.3 Å². The van der Waals surface area contributed by atoms with Crippen molar-refractivity contribution < 1.29 is 4.74 Å². The maximum absolute atomic E-state index is 12.3. The van der Waals surface area contributed by atoms with Crippen LogP contribution in [0.25, 0.3) is 5.65 Å². The summed E-state index contributed by atoms with van der Waals surface area (Å²) >= 11 is 0. The second kappa shape index (κ2) is 6.36. The zero-order chi connectivity index (χ0) is 14.7. The van der Waals surface area contributed by atoms with Crippen LogP contribution in [0, 0.1) is 5.92 Å². The number of aromatic nitrogens is 4. The zero-order valence-corrected chi connectivity index (χ0v) is 12.2. The average molecular weight is 291 g/mol. The summed E-state index contributed by atoms with van der Waals surface area (Å²) < 4.78 is 8.54. The topological polar surface area (TPSA) is 73.5 Å². The first kappa shape index (κ1) is 14.2. The van der Waals surface area contributed by atoms with Crippen LogP contribution in [0.1, 0.15) is 19.8 Å². The van der Waals surface area contributed by atoms with Crippen molar-refractivity contribution in [3.05, 3.63) is 29.1 Å². The molecule has 0 amide bonds. The van der Waals surface area contributed by atoms with E-state index in [1.165, 1.54) is 9.08 Å². The van der Waals surface area contributed by atoms with E-state index < -0.39 is 0 Å². The van der Waals surface area contributed by atoms with E-state index in [-0.39, 0.29) is 11.7 Å². The van der Waals surface area contributed by atoms with Crippen molar-refractivity contribution in [3.8, 4) is 0 Å². The van der Waals surface area contributed by atoms with Gasteiger partial charge in [0, 0.05) is 31.0 Å². The molecule has 1 N–H and O–H groups in total. The predicted octanol–water partition coefficient (Wildman–Crippen LogP) is 0.296. The summed E-state index contributed by atoms with van der Waals surface area (Å²) in [5.74, 6) is 0.436. The Morgan fingerprint density at radius 3 is 3.19 bits per heavy atom. The van der Waals surface area contributed by atoms with Gasteiger partial charge in [-0.1, -0.05) is 6.92 Å². The van der Waals surface area contributed by atoms with Gasteiger partial charge in [0.1, 0.15) is 0 Å². The number of hydrogen-bond acceptors (Lipinski definition) is 5. The highest BCUT2D eigenvalue weighted by Crippen LogP contribution is 2.17. The Morgan fingerprint density at radius 1 is 1.57 bits per heavy atom. The molecule has 2 aromatic heterocycles. The van der Waals surface area contributed by atoms with Crippen molar-refractivity contribution in [2.75, 3.05) is 19.8 Å². The zero-order valence-electron chi connectivity index (χ0n) is 12.2. The van der Waals surface area contributed by atoms with E-state index in [4.69, 9.17) is 4.74 Å². The van der Waals surface area contributed by atoms with Crippen LogP contribution in [-0.4, -0.2) is 45.0 Å². The van der Waals surface area contributed by atoms with Crippen LogP contribution in [0.3, 0.4) is 0 Å². The molecule has 0 aliphatic carbocycles. The summed E-state index contributed by atoms with van der Waals surface area (Å²) in [7, 11) is 0. The second-order valence-electron chi connectivity index (χ2n) is 5.45. The summed E-state index contributed by atoms with van der Waals surface area (Å²) in [5, 5.41) is 7.88. The van der Waals surface area contributed by atoms with Crippen molar-refractivity contribution in [2.45, 2.75) is 32.4 Å². The van der Waals surface area contributed by atoms with E-state index >= 15 is 0 Å². The Kier molecular flexibility index (Phi) is 4.31. The third-order valence-electron chi connectivity index (χ3n) is 3.95. The van der Waals surface area contributed by atoms with Crippen molar-refractivity contribution in [1.29, 1.82) is 0 Å². The Bertz CT molecular complexity index is 644. The fourth-order valence-electron chi connectivity index (χ4n) is 2.77. The molecule has 2 aromatic rings. The predicted molar refractivity (Wildman–Crippen MR) is 78.3 cm³/mol. The van der Waals surface area contributed by atoms with Crippen LogP contribution in [0.15, 0.2) is 23.4 Å². The Morgan fingerprint density at radius 2 is 2.48 bits per heavy atom. The minimum atomic E-state index is -0.116. The molecule has 0 bridgehead atoms. The van der Waals surface area contributed by atoms with Gasteiger partial charge in [0.05, 0.1) is 19.3 Å². The Balaban J connectivity index is 1.82. The second-order valence-corrected chi connectivity index (χ2v) is 5.45. The molecule has 2 atom stereocenters. The summed E-state index contributed by atoms with van der Waals surface area (Å²) in [4.78, 5) is 16.3. The maximum atomic E-state index is 12.3. The lowest BCUT2D eigenvalue weighted by molar-refractivity contribution is 0.172. The molecule has 1 saturated heterocycles. The molecule has 2 unspecified atom stereocenters. The van der Waals surface area contributed by atoms with Crippen molar-refractivity contribution >= 4 is 5.65 Å². The molecular weight excluding hydrogens is 270 g/mol. The van der Waals surface area contributed by atoms with Crippen LogP contribution < -0.4 is 11.0 Å². The third-order valence-corrected chi connectivity index (χ3v) is 3.95. The normalized spacial score (nSPS) is 20.1. The molecule has 0 spiro atoms. The molecular formula is C14H21N5O2. The van der Waals surface area contributed by atoms with E-state index in [1.807, 2.05) is 0 Å². The smallest absolute Gasteiger partial charge is 0.350 e. The molecule has 114 valence electrons. The van der Waals surface area contributed by atoms with Crippen LogP contribution in [0.2, 0.25) is 0 Å². The summed E-state index contributed by atoms with van der Waals surface area (Å²) in [6, 6.07) is 0.211. The first-order valence-corrected chi connectivity index (χ1v) is 7.50. The fourth-order valence-corrected chi connectivity index (χ4v) is 2.77. The van der Waals surface area contributed by atoms with E-state index in [9.17, 15) is 4.79 Å². The molecule has 3 heterocycles. The number of hydrogen-bond donors (Lipinski definition) is 1. The van der Waals surface area contributed by atoms with Gasteiger partial charge in [-0.2, -0.15) is 0 Å². The third kappa shape index (κ3) is 2.98. The van der Waals surface area contributed by atoms with Crippen LogP contribution >= 0.6 is 0 Å². The first-order chi connectivity index (χ1) is 10.3. The van der Waals surface area contributed by atoms with Crippen molar-refractivity contribution in [3.63, 3.8) is 0 Å². The summed E-state index contributed by atoms with van der Waals surface area (Å²) in [6.07, 6.45) is 6.94. The Labute approximate surface area is 122 Å².